The predicted molar refractivity (Wildman–Crippen MR) is 95.0 cm³/mol. The van der Waals surface area contributed by atoms with E-state index in [-0.39, 0.29) is 15.6 Å². The number of rotatable bonds is 6. The minimum Gasteiger partial charge on any atom is -0.279 e. The molecule has 0 saturated heterocycles. The fourth-order valence-electron chi connectivity index (χ4n) is 1.95. The Morgan fingerprint density at radius 3 is 2.24 bits per heavy atom. The number of halogens is 3. The van der Waals surface area contributed by atoms with Gasteiger partial charge in [-0.2, -0.15) is 0 Å². The molecule has 2 rings (SSSR count). The zero-order valence-corrected chi connectivity index (χ0v) is 15.3. The molecule has 0 aromatic heterocycles. The second-order valence-corrected chi connectivity index (χ2v) is 7.84. The van der Waals surface area contributed by atoms with Crippen LogP contribution in [-0.2, 0) is 14.8 Å². The summed E-state index contributed by atoms with van der Waals surface area (Å²) in [5.74, 6) is 0. The van der Waals surface area contributed by atoms with Gasteiger partial charge in [-0.1, -0.05) is 23.2 Å². The lowest BCUT2D eigenvalue weighted by Gasteiger charge is -2.23. The molecule has 7 nitrogen and oxygen atoms in total. The Hall–Kier alpha value is -1.87. The van der Waals surface area contributed by atoms with Crippen LogP contribution in [0.25, 0.3) is 0 Å². The van der Waals surface area contributed by atoms with E-state index in [2.05, 4.69) is 0 Å². The van der Waals surface area contributed by atoms with Crippen LogP contribution in [0.3, 0.4) is 0 Å². The molecule has 11 heteroatoms. The van der Waals surface area contributed by atoms with Gasteiger partial charge in [0, 0.05) is 17.2 Å². The van der Waals surface area contributed by atoms with Crippen molar-refractivity contribution in [1.82, 2.24) is 0 Å². The molecule has 0 N–H and O–H groups in total. The number of hydrogen-bond donors (Lipinski definition) is 0. The fourth-order valence-corrected chi connectivity index (χ4v) is 3.97. The van der Waals surface area contributed by atoms with Gasteiger partial charge in [-0.3, -0.25) is 19.2 Å². The van der Waals surface area contributed by atoms with Crippen molar-refractivity contribution in [2.75, 3.05) is 10.8 Å². The third-order valence-electron chi connectivity index (χ3n) is 3.08. The summed E-state index contributed by atoms with van der Waals surface area (Å²) in [6.45, 7) is -0.757. The normalized spacial score (nSPS) is 11.2. The van der Waals surface area contributed by atoms with Crippen LogP contribution in [0.1, 0.15) is 0 Å². The van der Waals surface area contributed by atoms with Crippen LogP contribution in [-0.4, -0.2) is 25.1 Å². The minimum atomic E-state index is -4.27. The molecular weight excluding hydrogens is 415 g/mol. The van der Waals surface area contributed by atoms with Crippen LogP contribution >= 0.6 is 34.8 Å². The lowest BCUT2D eigenvalue weighted by molar-refractivity contribution is -0.384. The van der Waals surface area contributed by atoms with Gasteiger partial charge >= 0.3 is 0 Å². The van der Waals surface area contributed by atoms with Crippen molar-refractivity contribution in [3.63, 3.8) is 0 Å². The van der Waals surface area contributed by atoms with Gasteiger partial charge in [0.1, 0.15) is 6.54 Å². The first-order valence-electron chi connectivity index (χ1n) is 6.53. The molecule has 0 unspecified atom stereocenters. The van der Waals surface area contributed by atoms with E-state index in [0.29, 0.717) is 9.33 Å². The van der Waals surface area contributed by atoms with Gasteiger partial charge in [-0.05, 0) is 41.9 Å². The highest BCUT2D eigenvalue weighted by Crippen LogP contribution is 2.34. The van der Waals surface area contributed by atoms with E-state index in [4.69, 9.17) is 34.8 Å². The van der Waals surface area contributed by atoms with E-state index in [1.54, 1.807) is 0 Å². The summed E-state index contributed by atoms with van der Waals surface area (Å²) in [7, 11) is -4.27. The summed E-state index contributed by atoms with van der Waals surface area (Å²) < 4.78 is 26.3. The highest BCUT2D eigenvalue weighted by atomic mass is 35.5. The maximum Gasteiger partial charge on any atom is 0.271 e. The van der Waals surface area contributed by atoms with Gasteiger partial charge < -0.3 is 0 Å². The number of anilines is 1. The number of nitro benzene ring substituents is 1. The molecule has 2 aromatic rings. The van der Waals surface area contributed by atoms with Crippen LogP contribution in [0, 0.1) is 10.1 Å². The number of nitrogens with zero attached hydrogens (tertiary/aromatic N) is 2. The van der Waals surface area contributed by atoms with Crippen molar-refractivity contribution in [1.29, 1.82) is 0 Å². The Labute approximate surface area is 157 Å². The van der Waals surface area contributed by atoms with Gasteiger partial charge in [-0.25, -0.2) is 8.42 Å². The number of sulfonamides is 1. The number of benzene rings is 2. The molecular formula is C14H9Cl3N2O5S. The zero-order valence-electron chi connectivity index (χ0n) is 12.2. The zero-order chi connectivity index (χ0) is 18.8. The fraction of sp³-hybridized carbons (Fsp3) is 0.0714. The first-order valence-corrected chi connectivity index (χ1v) is 9.11. The summed E-state index contributed by atoms with van der Waals surface area (Å²) in [6, 6.07) is 8.40. The van der Waals surface area contributed by atoms with Crippen molar-refractivity contribution in [2.24, 2.45) is 0 Å². The van der Waals surface area contributed by atoms with Crippen LogP contribution < -0.4 is 4.31 Å². The number of carbonyl (C=O) groups excluding carboxylic acids is 1. The molecule has 0 aliphatic carbocycles. The van der Waals surface area contributed by atoms with Crippen LogP contribution in [0.2, 0.25) is 10.0 Å². The van der Waals surface area contributed by atoms with Gasteiger partial charge in [0.05, 0.1) is 20.5 Å². The molecule has 0 saturated carbocycles. The molecule has 0 aliphatic heterocycles. The van der Waals surface area contributed by atoms with Crippen molar-refractivity contribution < 1.29 is 18.1 Å². The molecule has 2 aromatic carbocycles. The average molecular weight is 424 g/mol. The van der Waals surface area contributed by atoms with Gasteiger partial charge in [-0.15, -0.1) is 0 Å². The number of non-ortho nitro benzene ring substituents is 1. The molecule has 132 valence electrons. The van der Waals surface area contributed by atoms with Crippen molar-refractivity contribution in [3.8, 4) is 0 Å². The topological polar surface area (TPSA) is 97.6 Å². The van der Waals surface area contributed by atoms with E-state index in [9.17, 15) is 23.3 Å². The number of carbonyl (C=O) groups is 1. The first-order chi connectivity index (χ1) is 11.6. The first kappa shape index (κ1) is 19.5. The quantitative estimate of drug-likeness (QED) is 0.399. The standard InChI is InChI=1S/C14H9Cl3N2O5S/c15-9-1-4-11(5-2-9)25(23,24)18(8-14(17)20)13-7-10(19(21)22)3-6-12(13)16/h1-7H,8H2. The lowest BCUT2D eigenvalue weighted by Crippen LogP contribution is -2.34. The van der Waals surface area contributed by atoms with Gasteiger partial charge in [0.25, 0.3) is 15.7 Å². The molecule has 0 amide bonds. The third kappa shape index (κ3) is 4.40. The molecule has 0 aliphatic rings. The maximum absolute atomic E-state index is 12.9. The Morgan fingerprint density at radius 1 is 1.12 bits per heavy atom. The maximum atomic E-state index is 12.9. The van der Waals surface area contributed by atoms with Gasteiger partial charge in [0.15, 0.2) is 0 Å². The number of nitro groups is 1. The molecule has 25 heavy (non-hydrogen) atoms. The van der Waals surface area contributed by atoms with Crippen molar-refractivity contribution >= 4 is 61.4 Å². The van der Waals surface area contributed by atoms with E-state index in [1.165, 1.54) is 24.3 Å². The second kappa shape index (κ2) is 7.57. The summed E-state index contributed by atoms with van der Waals surface area (Å²) in [4.78, 5) is 21.4. The van der Waals surface area contributed by atoms with Crippen LogP contribution in [0.15, 0.2) is 47.4 Å². The molecule has 0 radical (unpaired) electrons. The smallest absolute Gasteiger partial charge is 0.271 e. The summed E-state index contributed by atoms with van der Waals surface area (Å²) in [5.41, 5.74) is -0.627. The molecule has 0 heterocycles. The molecule has 0 bridgehead atoms. The second-order valence-electron chi connectivity index (χ2n) is 4.71. The highest BCUT2D eigenvalue weighted by molar-refractivity contribution is 7.92. The molecule has 0 spiro atoms. The Morgan fingerprint density at radius 2 is 1.72 bits per heavy atom. The summed E-state index contributed by atoms with van der Waals surface area (Å²) in [6.07, 6.45) is 0. The highest BCUT2D eigenvalue weighted by Gasteiger charge is 2.29. The lowest BCUT2D eigenvalue weighted by atomic mass is 10.3. The Kier molecular flexibility index (Phi) is 5.89. The van der Waals surface area contributed by atoms with E-state index in [0.717, 1.165) is 18.2 Å². The Bertz CT molecular complexity index is 932. The molecule has 0 fully saturated rings. The predicted octanol–water partition coefficient (Wildman–Crippen LogP) is 3.86. The van der Waals surface area contributed by atoms with Gasteiger partial charge in [0.2, 0.25) is 5.24 Å². The van der Waals surface area contributed by atoms with E-state index < -0.39 is 32.4 Å². The SMILES string of the molecule is O=C(Cl)CN(c1cc([N+](=O)[O-])ccc1Cl)S(=O)(=O)c1ccc(Cl)cc1. The van der Waals surface area contributed by atoms with Crippen LogP contribution in [0.5, 0.6) is 0 Å². The Balaban J connectivity index is 2.64. The summed E-state index contributed by atoms with van der Waals surface area (Å²) >= 11 is 17.1. The third-order valence-corrected chi connectivity index (χ3v) is 5.54. The van der Waals surface area contributed by atoms with E-state index in [1.807, 2.05) is 0 Å². The monoisotopic (exact) mass is 422 g/mol. The van der Waals surface area contributed by atoms with E-state index >= 15 is 0 Å². The molecule has 0 atom stereocenters. The van der Waals surface area contributed by atoms with Crippen molar-refractivity contribution in [2.45, 2.75) is 4.90 Å². The van der Waals surface area contributed by atoms with Crippen LogP contribution in [0.4, 0.5) is 11.4 Å². The minimum absolute atomic E-state index is 0.0962. The number of hydrogen-bond acceptors (Lipinski definition) is 5. The average Bonchev–Trinajstić information content (AvgIpc) is 2.53. The largest absolute Gasteiger partial charge is 0.279 e. The summed E-state index contributed by atoms with van der Waals surface area (Å²) in [5, 5.41) is 10.2. The van der Waals surface area contributed by atoms with Crippen molar-refractivity contribution in [3.05, 3.63) is 62.6 Å².